The predicted molar refractivity (Wildman–Crippen MR) is 86.9 cm³/mol. The molecule has 0 aliphatic carbocycles. The Labute approximate surface area is 131 Å². The fraction of sp³-hybridized carbons (Fsp3) is 0.316. The van der Waals surface area contributed by atoms with Gasteiger partial charge in [-0.25, -0.2) is 0 Å². The van der Waals surface area contributed by atoms with Gasteiger partial charge in [0, 0.05) is 17.6 Å². The Morgan fingerprint density at radius 3 is 2.50 bits per heavy atom. The fourth-order valence-corrected chi connectivity index (χ4v) is 3.16. The Hall–Kier alpha value is -1.97. The number of carbonyl (C=O) groups is 1. The molecule has 1 aliphatic rings. The average Bonchev–Trinajstić information content (AvgIpc) is 3.04. The van der Waals surface area contributed by atoms with E-state index in [2.05, 4.69) is 5.32 Å². The Bertz CT molecular complexity index is 609. The summed E-state index contributed by atoms with van der Waals surface area (Å²) >= 11 is 0. The second-order valence-electron chi connectivity index (χ2n) is 5.97. The molecule has 1 aliphatic heterocycles. The van der Waals surface area contributed by atoms with Gasteiger partial charge in [-0.15, -0.1) is 0 Å². The SMILES string of the molecule is O=Cc1ccc(C[C@@H]2CC[C@H](C(O)c3ccccc3)N2)cc1. The summed E-state index contributed by atoms with van der Waals surface area (Å²) in [6, 6.07) is 18.0. The van der Waals surface area contributed by atoms with E-state index in [4.69, 9.17) is 0 Å². The zero-order valence-corrected chi connectivity index (χ0v) is 12.5. The summed E-state index contributed by atoms with van der Waals surface area (Å²) < 4.78 is 0. The number of carbonyl (C=O) groups excluding carboxylic acids is 1. The Balaban J connectivity index is 1.58. The van der Waals surface area contributed by atoms with Gasteiger partial charge < -0.3 is 10.4 Å². The van der Waals surface area contributed by atoms with Crippen molar-refractivity contribution in [1.29, 1.82) is 0 Å². The minimum atomic E-state index is -0.455. The molecule has 3 atom stereocenters. The topological polar surface area (TPSA) is 49.3 Å². The Morgan fingerprint density at radius 1 is 1.09 bits per heavy atom. The highest BCUT2D eigenvalue weighted by molar-refractivity contribution is 5.74. The maximum Gasteiger partial charge on any atom is 0.150 e. The number of aliphatic hydroxyl groups excluding tert-OH is 1. The third-order valence-corrected chi connectivity index (χ3v) is 4.40. The van der Waals surface area contributed by atoms with Crippen LogP contribution in [-0.4, -0.2) is 23.5 Å². The molecule has 2 N–H and O–H groups in total. The number of nitrogens with one attached hydrogen (secondary N) is 1. The van der Waals surface area contributed by atoms with Crippen LogP contribution in [0.1, 0.15) is 40.4 Å². The molecule has 3 rings (SSSR count). The molecule has 22 heavy (non-hydrogen) atoms. The van der Waals surface area contributed by atoms with Crippen LogP contribution in [0.2, 0.25) is 0 Å². The Morgan fingerprint density at radius 2 is 1.82 bits per heavy atom. The van der Waals surface area contributed by atoms with Gasteiger partial charge in [0.05, 0.1) is 6.10 Å². The van der Waals surface area contributed by atoms with Crippen LogP contribution >= 0.6 is 0 Å². The molecule has 2 aromatic carbocycles. The normalized spacial score (nSPS) is 22.4. The molecular formula is C19H21NO2. The van der Waals surface area contributed by atoms with E-state index in [1.807, 2.05) is 54.6 Å². The van der Waals surface area contributed by atoms with E-state index < -0.39 is 6.10 Å². The van der Waals surface area contributed by atoms with Crippen LogP contribution in [0.25, 0.3) is 0 Å². The highest BCUT2D eigenvalue weighted by Crippen LogP contribution is 2.26. The molecule has 1 saturated heterocycles. The summed E-state index contributed by atoms with van der Waals surface area (Å²) in [5.41, 5.74) is 2.90. The molecular weight excluding hydrogens is 274 g/mol. The largest absolute Gasteiger partial charge is 0.387 e. The Kier molecular flexibility index (Phi) is 4.66. The van der Waals surface area contributed by atoms with Crippen molar-refractivity contribution in [3.05, 3.63) is 71.3 Å². The smallest absolute Gasteiger partial charge is 0.150 e. The van der Waals surface area contributed by atoms with E-state index in [9.17, 15) is 9.90 Å². The van der Waals surface area contributed by atoms with E-state index in [0.717, 1.165) is 31.1 Å². The van der Waals surface area contributed by atoms with Gasteiger partial charge in [0.1, 0.15) is 6.29 Å². The molecule has 1 unspecified atom stereocenters. The quantitative estimate of drug-likeness (QED) is 0.834. The minimum absolute atomic E-state index is 0.113. The molecule has 3 nitrogen and oxygen atoms in total. The second kappa shape index (κ2) is 6.86. The first-order valence-electron chi connectivity index (χ1n) is 7.79. The van der Waals surface area contributed by atoms with Crippen molar-refractivity contribution < 1.29 is 9.90 Å². The molecule has 2 aromatic rings. The van der Waals surface area contributed by atoms with Gasteiger partial charge in [-0.3, -0.25) is 4.79 Å². The summed E-state index contributed by atoms with van der Waals surface area (Å²) in [5, 5.41) is 14.0. The lowest BCUT2D eigenvalue weighted by atomic mass is 10.0. The highest BCUT2D eigenvalue weighted by atomic mass is 16.3. The van der Waals surface area contributed by atoms with E-state index in [1.54, 1.807) is 0 Å². The summed E-state index contributed by atoms with van der Waals surface area (Å²) in [6.07, 6.45) is 3.38. The summed E-state index contributed by atoms with van der Waals surface area (Å²) in [5.74, 6) is 0. The number of aldehydes is 1. The van der Waals surface area contributed by atoms with Crippen molar-refractivity contribution in [1.82, 2.24) is 5.32 Å². The monoisotopic (exact) mass is 295 g/mol. The summed E-state index contributed by atoms with van der Waals surface area (Å²) in [7, 11) is 0. The lowest BCUT2D eigenvalue weighted by Gasteiger charge is -2.20. The van der Waals surface area contributed by atoms with Gasteiger partial charge in [0.2, 0.25) is 0 Å². The van der Waals surface area contributed by atoms with Gasteiger partial charge >= 0.3 is 0 Å². The third kappa shape index (κ3) is 3.43. The second-order valence-corrected chi connectivity index (χ2v) is 5.97. The molecule has 0 amide bonds. The zero-order valence-electron chi connectivity index (χ0n) is 12.5. The van der Waals surface area contributed by atoms with Crippen molar-refractivity contribution in [2.45, 2.75) is 37.5 Å². The van der Waals surface area contributed by atoms with E-state index >= 15 is 0 Å². The molecule has 0 aromatic heterocycles. The molecule has 1 fully saturated rings. The van der Waals surface area contributed by atoms with Gasteiger partial charge in [-0.05, 0) is 30.4 Å². The van der Waals surface area contributed by atoms with Crippen molar-refractivity contribution in [3.8, 4) is 0 Å². The molecule has 1 heterocycles. The van der Waals surface area contributed by atoms with Gasteiger partial charge in [-0.2, -0.15) is 0 Å². The lowest BCUT2D eigenvalue weighted by molar-refractivity contribution is 0.112. The summed E-state index contributed by atoms with van der Waals surface area (Å²) in [4.78, 5) is 10.7. The van der Waals surface area contributed by atoms with Gasteiger partial charge in [0.15, 0.2) is 0 Å². The maximum atomic E-state index is 10.7. The lowest BCUT2D eigenvalue weighted by Crippen LogP contribution is -2.35. The third-order valence-electron chi connectivity index (χ3n) is 4.40. The van der Waals surface area contributed by atoms with Crippen LogP contribution in [0.15, 0.2) is 54.6 Å². The highest BCUT2D eigenvalue weighted by Gasteiger charge is 2.29. The first kappa shape index (κ1) is 14.9. The predicted octanol–water partition coefficient (Wildman–Crippen LogP) is 2.90. The molecule has 0 saturated carbocycles. The molecule has 114 valence electrons. The van der Waals surface area contributed by atoms with Crippen LogP contribution in [0, 0.1) is 0 Å². The number of rotatable bonds is 5. The molecule has 0 radical (unpaired) electrons. The standard InChI is InChI=1S/C19H21NO2/c21-13-15-8-6-14(7-9-15)12-17-10-11-18(20-17)19(22)16-4-2-1-3-5-16/h1-9,13,17-20,22H,10-12H2/t17-,18+,19?/m0/s1. The van der Waals surface area contributed by atoms with E-state index in [-0.39, 0.29) is 6.04 Å². The molecule has 0 bridgehead atoms. The zero-order chi connectivity index (χ0) is 15.4. The molecule has 3 heteroatoms. The maximum absolute atomic E-state index is 10.7. The molecule has 0 spiro atoms. The van der Waals surface area contributed by atoms with E-state index in [0.29, 0.717) is 11.6 Å². The van der Waals surface area contributed by atoms with Crippen LogP contribution < -0.4 is 5.32 Å². The van der Waals surface area contributed by atoms with E-state index in [1.165, 1.54) is 5.56 Å². The average molecular weight is 295 g/mol. The fourth-order valence-electron chi connectivity index (χ4n) is 3.16. The van der Waals surface area contributed by atoms with Crippen molar-refractivity contribution >= 4 is 6.29 Å². The first-order valence-corrected chi connectivity index (χ1v) is 7.79. The summed E-state index contributed by atoms with van der Waals surface area (Å²) in [6.45, 7) is 0. The number of hydrogen-bond donors (Lipinski definition) is 2. The van der Waals surface area contributed by atoms with Crippen LogP contribution in [0.5, 0.6) is 0 Å². The van der Waals surface area contributed by atoms with Crippen molar-refractivity contribution in [3.63, 3.8) is 0 Å². The van der Waals surface area contributed by atoms with Crippen LogP contribution in [-0.2, 0) is 6.42 Å². The van der Waals surface area contributed by atoms with Crippen LogP contribution in [0.3, 0.4) is 0 Å². The number of benzene rings is 2. The van der Waals surface area contributed by atoms with Gasteiger partial charge in [0.25, 0.3) is 0 Å². The number of hydrogen-bond acceptors (Lipinski definition) is 3. The minimum Gasteiger partial charge on any atom is -0.387 e. The first-order chi connectivity index (χ1) is 10.8. The van der Waals surface area contributed by atoms with Crippen molar-refractivity contribution in [2.24, 2.45) is 0 Å². The van der Waals surface area contributed by atoms with Gasteiger partial charge in [-0.1, -0.05) is 54.6 Å². The number of aliphatic hydroxyl groups is 1. The van der Waals surface area contributed by atoms with Crippen LogP contribution in [0.4, 0.5) is 0 Å². The van der Waals surface area contributed by atoms with Crippen molar-refractivity contribution in [2.75, 3.05) is 0 Å².